The van der Waals surface area contributed by atoms with Gasteiger partial charge in [-0.05, 0) is 61.2 Å². The Morgan fingerprint density at radius 3 is 2.86 bits per heavy atom. The molecule has 0 fully saturated rings. The van der Waals surface area contributed by atoms with E-state index in [9.17, 15) is 5.11 Å². The highest BCUT2D eigenvalue weighted by Crippen LogP contribution is 2.44. The second kappa shape index (κ2) is 4.12. The summed E-state index contributed by atoms with van der Waals surface area (Å²) in [5.74, 6) is 0.617. The fraction of sp³-hybridized carbons (Fsp3) is 0.222. The standard InChI is InChI=1S/C18H17NO2/c1-11-2-5-16-13(8-11)10-17(21-16)18(20)7-6-12-9-14(19)3-4-15(12)18/h2-5,8-10,20H,6-7,19H2,1H3. The molecule has 1 aliphatic carbocycles. The molecule has 0 bridgehead atoms. The minimum Gasteiger partial charge on any atom is -0.458 e. The fourth-order valence-corrected chi connectivity index (χ4v) is 3.30. The molecule has 21 heavy (non-hydrogen) atoms. The zero-order valence-corrected chi connectivity index (χ0v) is 11.9. The van der Waals surface area contributed by atoms with Crippen molar-refractivity contribution >= 4 is 16.7 Å². The summed E-state index contributed by atoms with van der Waals surface area (Å²) in [4.78, 5) is 0. The highest BCUT2D eigenvalue weighted by Gasteiger charge is 2.41. The third kappa shape index (κ3) is 1.78. The van der Waals surface area contributed by atoms with Gasteiger partial charge in [-0.15, -0.1) is 0 Å². The number of nitrogen functional groups attached to an aromatic ring is 1. The van der Waals surface area contributed by atoms with Crippen molar-refractivity contribution in [2.75, 3.05) is 5.73 Å². The van der Waals surface area contributed by atoms with Crippen LogP contribution in [0.3, 0.4) is 0 Å². The third-order valence-electron chi connectivity index (χ3n) is 4.41. The van der Waals surface area contributed by atoms with Gasteiger partial charge in [-0.25, -0.2) is 0 Å². The summed E-state index contributed by atoms with van der Waals surface area (Å²) in [5.41, 5.74) is 9.53. The summed E-state index contributed by atoms with van der Waals surface area (Å²) in [6.45, 7) is 2.05. The van der Waals surface area contributed by atoms with Crippen LogP contribution in [-0.4, -0.2) is 5.11 Å². The maximum Gasteiger partial charge on any atom is 0.148 e. The number of nitrogens with two attached hydrogens (primary N) is 1. The number of aryl methyl sites for hydroxylation is 2. The summed E-state index contributed by atoms with van der Waals surface area (Å²) < 4.78 is 5.92. The van der Waals surface area contributed by atoms with Gasteiger partial charge in [0.05, 0.1) is 0 Å². The first-order chi connectivity index (χ1) is 10.1. The molecule has 0 saturated carbocycles. The molecule has 0 spiro atoms. The van der Waals surface area contributed by atoms with Crippen LogP contribution in [0.15, 0.2) is 46.9 Å². The number of rotatable bonds is 1. The molecular weight excluding hydrogens is 262 g/mol. The summed E-state index contributed by atoms with van der Waals surface area (Å²) >= 11 is 0. The minimum atomic E-state index is -1.05. The molecule has 106 valence electrons. The van der Waals surface area contributed by atoms with Gasteiger partial charge in [-0.2, -0.15) is 0 Å². The Kier molecular flexibility index (Phi) is 2.45. The molecule has 0 amide bonds. The lowest BCUT2D eigenvalue weighted by molar-refractivity contribution is 0.0605. The molecule has 1 aliphatic rings. The Bertz CT molecular complexity index is 850. The van der Waals surface area contributed by atoms with Crippen LogP contribution in [0.1, 0.15) is 28.9 Å². The van der Waals surface area contributed by atoms with Crippen molar-refractivity contribution in [1.82, 2.24) is 0 Å². The van der Waals surface area contributed by atoms with Crippen LogP contribution in [-0.2, 0) is 12.0 Å². The number of aliphatic hydroxyl groups is 1. The fourth-order valence-electron chi connectivity index (χ4n) is 3.30. The first-order valence-corrected chi connectivity index (χ1v) is 7.18. The van der Waals surface area contributed by atoms with E-state index >= 15 is 0 Å². The van der Waals surface area contributed by atoms with E-state index in [1.54, 1.807) is 0 Å². The molecule has 0 aliphatic heterocycles. The molecule has 1 atom stereocenters. The average molecular weight is 279 g/mol. The lowest BCUT2D eigenvalue weighted by Crippen LogP contribution is -2.23. The predicted octanol–water partition coefficient (Wildman–Crippen LogP) is 3.51. The van der Waals surface area contributed by atoms with E-state index in [1.807, 2.05) is 36.4 Å². The molecule has 1 aromatic heterocycles. The SMILES string of the molecule is Cc1ccc2oc(C3(O)CCc4cc(N)ccc43)cc2c1. The van der Waals surface area contributed by atoms with Gasteiger partial charge < -0.3 is 15.3 Å². The van der Waals surface area contributed by atoms with Crippen molar-refractivity contribution in [2.24, 2.45) is 0 Å². The molecule has 3 heteroatoms. The van der Waals surface area contributed by atoms with Gasteiger partial charge in [0.1, 0.15) is 16.9 Å². The predicted molar refractivity (Wildman–Crippen MR) is 83.1 cm³/mol. The molecule has 0 saturated heterocycles. The molecule has 4 rings (SSSR count). The van der Waals surface area contributed by atoms with Gasteiger partial charge in [0.25, 0.3) is 0 Å². The third-order valence-corrected chi connectivity index (χ3v) is 4.41. The molecule has 2 aromatic carbocycles. The lowest BCUT2D eigenvalue weighted by atomic mass is 9.93. The molecule has 3 N–H and O–H groups in total. The number of anilines is 1. The Morgan fingerprint density at radius 1 is 1.14 bits per heavy atom. The van der Waals surface area contributed by atoms with Gasteiger partial charge >= 0.3 is 0 Å². The second-order valence-electron chi connectivity index (χ2n) is 5.93. The highest BCUT2D eigenvalue weighted by atomic mass is 16.4. The number of furan rings is 1. The van der Waals surface area contributed by atoms with Crippen molar-refractivity contribution in [3.05, 3.63) is 64.9 Å². The number of benzene rings is 2. The van der Waals surface area contributed by atoms with Gasteiger partial charge in [0.15, 0.2) is 0 Å². The van der Waals surface area contributed by atoms with Crippen LogP contribution in [0.5, 0.6) is 0 Å². The largest absolute Gasteiger partial charge is 0.458 e. The quantitative estimate of drug-likeness (QED) is 0.670. The normalized spacial score (nSPS) is 20.9. The average Bonchev–Trinajstić information content (AvgIpc) is 3.01. The van der Waals surface area contributed by atoms with Crippen LogP contribution in [0, 0.1) is 6.92 Å². The van der Waals surface area contributed by atoms with Gasteiger partial charge in [-0.3, -0.25) is 0 Å². The van der Waals surface area contributed by atoms with Crippen molar-refractivity contribution in [3.8, 4) is 0 Å². The lowest BCUT2D eigenvalue weighted by Gasteiger charge is -2.21. The van der Waals surface area contributed by atoms with E-state index in [4.69, 9.17) is 10.2 Å². The molecule has 1 heterocycles. The summed E-state index contributed by atoms with van der Waals surface area (Å²) in [7, 11) is 0. The van der Waals surface area contributed by atoms with Crippen LogP contribution in [0.25, 0.3) is 11.0 Å². The first-order valence-electron chi connectivity index (χ1n) is 7.18. The molecular formula is C18H17NO2. The van der Waals surface area contributed by atoms with Gasteiger partial charge in [0.2, 0.25) is 0 Å². The molecule has 0 radical (unpaired) electrons. The van der Waals surface area contributed by atoms with E-state index in [0.29, 0.717) is 12.2 Å². The van der Waals surface area contributed by atoms with Crippen molar-refractivity contribution in [2.45, 2.75) is 25.4 Å². The maximum absolute atomic E-state index is 11.1. The van der Waals surface area contributed by atoms with Crippen molar-refractivity contribution in [1.29, 1.82) is 0 Å². The van der Waals surface area contributed by atoms with Crippen molar-refractivity contribution in [3.63, 3.8) is 0 Å². The zero-order chi connectivity index (χ0) is 14.6. The molecule has 3 aromatic rings. The van der Waals surface area contributed by atoms with E-state index < -0.39 is 5.60 Å². The minimum absolute atomic E-state index is 0.617. The van der Waals surface area contributed by atoms with Crippen LogP contribution < -0.4 is 5.73 Å². The Balaban J connectivity index is 1.89. The summed E-state index contributed by atoms with van der Waals surface area (Å²) in [6.07, 6.45) is 1.44. The van der Waals surface area contributed by atoms with E-state index in [1.165, 1.54) is 5.56 Å². The van der Waals surface area contributed by atoms with E-state index in [-0.39, 0.29) is 0 Å². The van der Waals surface area contributed by atoms with Crippen LogP contribution in [0.2, 0.25) is 0 Å². The second-order valence-corrected chi connectivity index (χ2v) is 5.93. The van der Waals surface area contributed by atoms with Crippen molar-refractivity contribution < 1.29 is 9.52 Å². The monoisotopic (exact) mass is 279 g/mol. The van der Waals surface area contributed by atoms with Crippen LogP contribution in [0.4, 0.5) is 5.69 Å². The number of hydrogen-bond acceptors (Lipinski definition) is 3. The molecule has 3 nitrogen and oxygen atoms in total. The van der Waals surface area contributed by atoms with E-state index in [2.05, 4.69) is 13.0 Å². The van der Waals surface area contributed by atoms with Crippen LogP contribution >= 0.6 is 0 Å². The Morgan fingerprint density at radius 2 is 2.00 bits per heavy atom. The summed E-state index contributed by atoms with van der Waals surface area (Å²) in [5, 5.41) is 12.2. The van der Waals surface area contributed by atoms with E-state index in [0.717, 1.165) is 34.2 Å². The first kappa shape index (κ1) is 12.5. The molecule has 1 unspecified atom stereocenters. The van der Waals surface area contributed by atoms with Gasteiger partial charge in [-0.1, -0.05) is 17.7 Å². The summed E-state index contributed by atoms with van der Waals surface area (Å²) in [6, 6.07) is 13.7. The Labute approximate surface area is 123 Å². The maximum atomic E-state index is 11.1. The van der Waals surface area contributed by atoms with Gasteiger partial charge in [0, 0.05) is 11.1 Å². The smallest absolute Gasteiger partial charge is 0.148 e. The zero-order valence-electron chi connectivity index (χ0n) is 11.9. The number of hydrogen-bond donors (Lipinski definition) is 2. The number of fused-ring (bicyclic) bond motifs is 2. The highest BCUT2D eigenvalue weighted by molar-refractivity contribution is 5.79. The Hall–Kier alpha value is -2.26. The topological polar surface area (TPSA) is 59.4 Å².